The topological polar surface area (TPSA) is 0 Å². The number of hydrogen-bond acceptors (Lipinski definition) is 0. The number of hydrogen-bond donors (Lipinski definition) is 0. The SMILES string of the molecule is CCC/C=C\C=C1\C=CC=CC1C. The lowest BCUT2D eigenvalue weighted by Gasteiger charge is -2.09. The van der Waals surface area contributed by atoms with E-state index in [2.05, 4.69) is 56.4 Å². The molecule has 1 aliphatic carbocycles. The van der Waals surface area contributed by atoms with Crippen LogP contribution in [0.1, 0.15) is 26.7 Å². The lowest BCUT2D eigenvalue weighted by atomic mass is 9.96. The minimum absolute atomic E-state index is 0.566. The van der Waals surface area contributed by atoms with Crippen LogP contribution in [0.4, 0.5) is 0 Å². The van der Waals surface area contributed by atoms with Gasteiger partial charge in [-0.2, -0.15) is 0 Å². The second-order valence-corrected chi connectivity index (χ2v) is 3.42. The zero-order valence-electron chi connectivity index (χ0n) is 8.53. The quantitative estimate of drug-likeness (QED) is 0.606. The van der Waals surface area contributed by atoms with Crippen molar-refractivity contribution in [3.8, 4) is 0 Å². The highest BCUT2D eigenvalue weighted by molar-refractivity contribution is 5.34. The molecule has 0 aromatic rings. The summed E-state index contributed by atoms with van der Waals surface area (Å²) in [7, 11) is 0. The molecule has 0 aromatic heterocycles. The van der Waals surface area contributed by atoms with E-state index in [9.17, 15) is 0 Å². The third-order valence-electron chi connectivity index (χ3n) is 2.21. The lowest BCUT2D eigenvalue weighted by molar-refractivity contribution is 0.883. The van der Waals surface area contributed by atoms with Crippen LogP contribution in [-0.2, 0) is 0 Å². The predicted octanol–water partition coefficient (Wildman–Crippen LogP) is 4.03. The third-order valence-corrected chi connectivity index (χ3v) is 2.21. The largest absolute Gasteiger partial charge is 0.0845 e. The molecule has 0 aliphatic heterocycles. The first-order valence-corrected chi connectivity index (χ1v) is 5.06. The van der Waals surface area contributed by atoms with Gasteiger partial charge in [-0.15, -0.1) is 0 Å². The standard InChI is InChI=1S/C13H18/c1-3-4-5-6-10-13-11-8-7-9-12(13)2/h5-12H,3-4H2,1-2H3/b6-5-,13-10-. The monoisotopic (exact) mass is 174 g/mol. The maximum absolute atomic E-state index is 2.23. The van der Waals surface area contributed by atoms with Gasteiger partial charge in [0.25, 0.3) is 0 Å². The van der Waals surface area contributed by atoms with Crippen molar-refractivity contribution in [2.45, 2.75) is 26.7 Å². The Labute approximate surface area is 81.4 Å². The van der Waals surface area contributed by atoms with Crippen molar-refractivity contribution in [1.29, 1.82) is 0 Å². The van der Waals surface area contributed by atoms with Gasteiger partial charge in [-0.05, 0) is 17.9 Å². The Morgan fingerprint density at radius 2 is 2.23 bits per heavy atom. The summed E-state index contributed by atoms with van der Waals surface area (Å²) >= 11 is 0. The molecular weight excluding hydrogens is 156 g/mol. The molecule has 1 rings (SSSR count). The second kappa shape index (κ2) is 5.58. The summed E-state index contributed by atoms with van der Waals surface area (Å²) in [5.74, 6) is 0.566. The van der Waals surface area contributed by atoms with Crippen LogP contribution in [0.25, 0.3) is 0 Å². The molecule has 1 unspecified atom stereocenters. The fourth-order valence-electron chi connectivity index (χ4n) is 1.31. The molecule has 0 radical (unpaired) electrons. The van der Waals surface area contributed by atoms with Crippen molar-refractivity contribution in [2.24, 2.45) is 5.92 Å². The average Bonchev–Trinajstić information content (AvgIpc) is 2.15. The number of unbranched alkanes of at least 4 members (excludes halogenated alkanes) is 1. The molecule has 1 aliphatic rings. The van der Waals surface area contributed by atoms with Crippen LogP contribution < -0.4 is 0 Å². The van der Waals surface area contributed by atoms with Crippen LogP contribution >= 0.6 is 0 Å². The van der Waals surface area contributed by atoms with Gasteiger partial charge in [-0.3, -0.25) is 0 Å². The Morgan fingerprint density at radius 3 is 2.92 bits per heavy atom. The van der Waals surface area contributed by atoms with E-state index in [1.807, 2.05) is 0 Å². The molecule has 0 nitrogen and oxygen atoms in total. The molecule has 0 N–H and O–H groups in total. The van der Waals surface area contributed by atoms with E-state index >= 15 is 0 Å². The fraction of sp³-hybridized carbons (Fsp3) is 0.385. The number of rotatable bonds is 3. The van der Waals surface area contributed by atoms with E-state index in [1.165, 1.54) is 18.4 Å². The predicted molar refractivity (Wildman–Crippen MR) is 59.6 cm³/mol. The van der Waals surface area contributed by atoms with Crippen molar-refractivity contribution in [3.63, 3.8) is 0 Å². The Bertz CT molecular complexity index is 251. The van der Waals surface area contributed by atoms with E-state index in [1.54, 1.807) is 0 Å². The van der Waals surface area contributed by atoms with Crippen LogP contribution in [0.3, 0.4) is 0 Å². The van der Waals surface area contributed by atoms with Crippen LogP contribution in [0.15, 0.2) is 48.1 Å². The third kappa shape index (κ3) is 3.45. The Balaban J connectivity index is 2.51. The highest BCUT2D eigenvalue weighted by atomic mass is 14.1. The maximum atomic E-state index is 2.23. The first kappa shape index (κ1) is 10.0. The highest BCUT2D eigenvalue weighted by Gasteiger charge is 2.02. The van der Waals surface area contributed by atoms with Gasteiger partial charge in [0.05, 0.1) is 0 Å². The maximum Gasteiger partial charge on any atom is -0.000732 e. The summed E-state index contributed by atoms with van der Waals surface area (Å²) in [6.07, 6.45) is 17.6. The van der Waals surface area contributed by atoms with Gasteiger partial charge < -0.3 is 0 Å². The van der Waals surface area contributed by atoms with Crippen LogP contribution in [0.5, 0.6) is 0 Å². The highest BCUT2D eigenvalue weighted by Crippen LogP contribution is 2.17. The van der Waals surface area contributed by atoms with E-state index in [0.717, 1.165) is 0 Å². The molecule has 0 amide bonds. The van der Waals surface area contributed by atoms with Gasteiger partial charge in [0.2, 0.25) is 0 Å². The molecule has 0 heteroatoms. The summed E-state index contributed by atoms with van der Waals surface area (Å²) in [5.41, 5.74) is 1.40. The first-order valence-electron chi connectivity index (χ1n) is 5.06. The molecule has 13 heavy (non-hydrogen) atoms. The van der Waals surface area contributed by atoms with Gasteiger partial charge in [0.1, 0.15) is 0 Å². The molecule has 0 spiro atoms. The van der Waals surface area contributed by atoms with Crippen molar-refractivity contribution in [1.82, 2.24) is 0 Å². The molecule has 0 fully saturated rings. The second-order valence-electron chi connectivity index (χ2n) is 3.42. The van der Waals surface area contributed by atoms with E-state index < -0.39 is 0 Å². The fourth-order valence-corrected chi connectivity index (χ4v) is 1.31. The van der Waals surface area contributed by atoms with Gasteiger partial charge >= 0.3 is 0 Å². The van der Waals surface area contributed by atoms with Crippen LogP contribution in [-0.4, -0.2) is 0 Å². The molecule has 0 saturated heterocycles. The molecule has 0 aromatic carbocycles. The Hall–Kier alpha value is -1.04. The van der Waals surface area contributed by atoms with Gasteiger partial charge in [-0.25, -0.2) is 0 Å². The van der Waals surface area contributed by atoms with Gasteiger partial charge in [0.15, 0.2) is 0 Å². The summed E-state index contributed by atoms with van der Waals surface area (Å²) in [6, 6.07) is 0. The number of allylic oxidation sites excluding steroid dienone is 8. The summed E-state index contributed by atoms with van der Waals surface area (Å²) in [5, 5.41) is 0. The first-order chi connectivity index (χ1) is 6.34. The minimum atomic E-state index is 0.566. The molecule has 0 bridgehead atoms. The molecule has 0 heterocycles. The van der Waals surface area contributed by atoms with E-state index in [-0.39, 0.29) is 0 Å². The Kier molecular flexibility index (Phi) is 4.31. The summed E-state index contributed by atoms with van der Waals surface area (Å²) in [4.78, 5) is 0. The molecule has 70 valence electrons. The normalized spacial score (nSPS) is 24.8. The van der Waals surface area contributed by atoms with Gasteiger partial charge in [0, 0.05) is 0 Å². The average molecular weight is 174 g/mol. The zero-order valence-corrected chi connectivity index (χ0v) is 8.53. The smallest absolute Gasteiger partial charge is 0.000732 e. The summed E-state index contributed by atoms with van der Waals surface area (Å²) < 4.78 is 0. The zero-order chi connectivity index (χ0) is 9.52. The van der Waals surface area contributed by atoms with Gasteiger partial charge in [-0.1, -0.05) is 62.8 Å². The van der Waals surface area contributed by atoms with E-state index in [0.29, 0.717) is 5.92 Å². The van der Waals surface area contributed by atoms with Crippen molar-refractivity contribution in [3.05, 3.63) is 48.1 Å². The van der Waals surface area contributed by atoms with Crippen LogP contribution in [0.2, 0.25) is 0 Å². The minimum Gasteiger partial charge on any atom is -0.0845 e. The van der Waals surface area contributed by atoms with Crippen molar-refractivity contribution < 1.29 is 0 Å². The summed E-state index contributed by atoms with van der Waals surface area (Å²) in [6.45, 7) is 4.42. The van der Waals surface area contributed by atoms with E-state index in [4.69, 9.17) is 0 Å². The van der Waals surface area contributed by atoms with Crippen molar-refractivity contribution in [2.75, 3.05) is 0 Å². The van der Waals surface area contributed by atoms with Crippen molar-refractivity contribution >= 4 is 0 Å². The lowest BCUT2D eigenvalue weighted by Crippen LogP contribution is -1.94. The molecule has 1 atom stereocenters. The van der Waals surface area contributed by atoms with Crippen LogP contribution in [0, 0.1) is 5.92 Å². The Morgan fingerprint density at radius 1 is 1.38 bits per heavy atom. The molecule has 0 saturated carbocycles. The molecular formula is C13H18.